The van der Waals surface area contributed by atoms with Crippen molar-refractivity contribution in [2.24, 2.45) is 12.0 Å². The molecule has 0 atom stereocenters. The quantitative estimate of drug-likeness (QED) is 0.383. The number of aryl methyl sites for hydroxylation is 1. The number of nitrogens with zero attached hydrogens (tertiary/aromatic N) is 3. The van der Waals surface area contributed by atoms with Gasteiger partial charge in [0, 0.05) is 39.6 Å². The van der Waals surface area contributed by atoms with Crippen molar-refractivity contribution in [2.75, 3.05) is 28.3 Å². The second-order valence-corrected chi connectivity index (χ2v) is 5.72. The van der Waals surface area contributed by atoms with Crippen LogP contribution in [0.25, 0.3) is 0 Å². The molecule has 26 heavy (non-hydrogen) atoms. The van der Waals surface area contributed by atoms with Crippen LogP contribution in [0.3, 0.4) is 0 Å². The molecule has 0 aliphatic rings. The lowest BCUT2D eigenvalue weighted by Gasteiger charge is -2.22. The van der Waals surface area contributed by atoms with Crippen molar-refractivity contribution >= 4 is 29.9 Å². The van der Waals surface area contributed by atoms with Gasteiger partial charge in [-0.3, -0.25) is 4.99 Å². The lowest BCUT2D eigenvalue weighted by molar-refractivity contribution is 0.339. The number of rotatable bonds is 6. The minimum Gasteiger partial charge on any atom is -0.502 e. The first-order valence-corrected chi connectivity index (χ1v) is 7.96. The molecule has 0 fully saturated rings. The van der Waals surface area contributed by atoms with E-state index in [0.29, 0.717) is 18.0 Å². The molecule has 1 heterocycles. The first-order chi connectivity index (χ1) is 12.0. The molecular formula is C18H27IN4O3. The fourth-order valence-electron chi connectivity index (χ4n) is 2.59. The Morgan fingerprint density at radius 3 is 2.35 bits per heavy atom. The Labute approximate surface area is 171 Å². The van der Waals surface area contributed by atoms with Crippen molar-refractivity contribution < 1.29 is 14.6 Å². The van der Waals surface area contributed by atoms with E-state index in [1.54, 1.807) is 19.2 Å². The molecule has 0 bridgehead atoms. The van der Waals surface area contributed by atoms with Crippen LogP contribution in [0.15, 0.2) is 35.5 Å². The topological polar surface area (TPSA) is 71.2 Å². The van der Waals surface area contributed by atoms with Gasteiger partial charge < -0.3 is 29.4 Å². The van der Waals surface area contributed by atoms with Crippen molar-refractivity contribution in [1.82, 2.24) is 14.8 Å². The van der Waals surface area contributed by atoms with E-state index in [4.69, 9.17) is 9.47 Å². The Bertz CT molecular complexity index is 721. The molecule has 0 spiro atoms. The summed E-state index contributed by atoms with van der Waals surface area (Å²) in [5.41, 5.74) is 2.11. The highest BCUT2D eigenvalue weighted by atomic mass is 127. The Hall–Kier alpha value is -2.10. The fourth-order valence-corrected chi connectivity index (χ4v) is 2.59. The number of halogens is 1. The summed E-state index contributed by atoms with van der Waals surface area (Å²) in [6.07, 6.45) is 2.02. The van der Waals surface area contributed by atoms with Gasteiger partial charge in [-0.15, -0.1) is 24.0 Å². The predicted molar refractivity (Wildman–Crippen MR) is 114 cm³/mol. The molecule has 144 valence electrons. The highest BCUT2D eigenvalue weighted by Crippen LogP contribution is 2.36. The summed E-state index contributed by atoms with van der Waals surface area (Å²) in [7, 11) is 8.78. The Kier molecular flexibility index (Phi) is 8.56. The summed E-state index contributed by atoms with van der Waals surface area (Å²) in [6, 6.07) is 7.65. The molecule has 2 rings (SSSR count). The minimum absolute atomic E-state index is 0. The van der Waals surface area contributed by atoms with Gasteiger partial charge in [0.1, 0.15) is 0 Å². The number of aromatic nitrogens is 1. The minimum atomic E-state index is -0.000965. The first kappa shape index (κ1) is 21.9. The normalized spacial score (nSPS) is 10.9. The lowest BCUT2D eigenvalue weighted by Crippen LogP contribution is -2.38. The number of methoxy groups -OCH3 is 2. The molecule has 0 saturated heterocycles. The average molecular weight is 474 g/mol. The van der Waals surface area contributed by atoms with E-state index in [1.807, 2.05) is 31.3 Å². The summed E-state index contributed by atoms with van der Waals surface area (Å²) < 4.78 is 12.5. The molecule has 8 heteroatoms. The predicted octanol–water partition coefficient (Wildman–Crippen LogP) is 2.57. The van der Waals surface area contributed by atoms with E-state index in [2.05, 4.69) is 20.9 Å². The third kappa shape index (κ3) is 5.20. The number of aromatic hydroxyl groups is 1. The Morgan fingerprint density at radius 1 is 1.27 bits per heavy atom. The van der Waals surface area contributed by atoms with Gasteiger partial charge in [-0.1, -0.05) is 0 Å². The number of phenols is 1. The van der Waals surface area contributed by atoms with Gasteiger partial charge in [0.2, 0.25) is 5.75 Å². The Balaban J connectivity index is 0.00000338. The number of benzene rings is 1. The lowest BCUT2D eigenvalue weighted by atomic mass is 10.2. The van der Waals surface area contributed by atoms with E-state index < -0.39 is 0 Å². The van der Waals surface area contributed by atoms with Gasteiger partial charge in [0.05, 0.1) is 20.8 Å². The largest absolute Gasteiger partial charge is 0.502 e. The van der Waals surface area contributed by atoms with Gasteiger partial charge in [0.25, 0.3) is 0 Å². The van der Waals surface area contributed by atoms with Crippen LogP contribution in [-0.2, 0) is 20.1 Å². The molecule has 2 N–H and O–H groups in total. The molecular weight excluding hydrogens is 447 g/mol. The van der Waals surface area contributed by atoms with Crippen molar-refractivity contribution in [3.63, 3.8) is 0 Å². The first-order valence-electron chi connectivity index (χ1n) is 7.96. The van der Waals surface area contributed by atoms with Crippen LogP contribution in [-0.4, -0.2) is 48.8 Å². The van der Waals surface area contributed by atoms with Gasteiger partial charge in [-0.05, 0) is 29.8 Å². The van der Waals surface area contributed by atoms with Crippen LogP contribution in [0.1, 0.15) is 11.3 Å². The second-order valence-electron chi connectivity index (χ2n) is 5.72. The highest BCUT2D eigenvalue weighted by molar-refractivity contribution is 14.0. The summed E-state index contributed by atoms with van der Waals surface area (Å²) in [5.74, 6) is 1.53. The van der Waals surface area contributed by atoms with Crippen molar-refractivity contribution in [2.45, 2.75) is 13.1 Å². The number of nitrogens with one attached hydrogen (secondary N) is 1. The van der Waals surface area contributed by atoms with Crippen molar-refractivity contribution in [3.8, 4) is 17.2 Å². The fraction of sp³-hybridized carbons (Fsp3) is 0.389. The zero-order valence-corrected chi connectivity index (χ0v) is 18.1. The molecule has 0 saturated carbocycles. The van der Waals surface area contributed by atoms with Gasteiger partial charge in [0.15, 0.2) is 17.5 Å². The summed E-state index contributed by atoms with van der Waals surface area (Å²) >= 11 is 0. The van der Waals surface area contributed by atoms with Gasteiger partial charge in [-0.25, -0.2) is 0 Å². The average Bonchev–Trinajstić information content (AvgIpc) is 3.01. The second kappa shape index (κ2) is 10.1. The SMILES string of the molecule is CN=C(NCc1cc(OC)c(O)c(OC)c1)N(C)Cc1cccn1C.I. The number of guanidine groups is 1. The molecule has 0 amide bonds. The maximum atomic E-state index is 9.99. The van der Waals surface area contributed by atoms with E-state index >= 15 is 0 Å². The number of ether oxygens (including phenoxy) is 2. The molecule has 1 aromatic heterocycles. The van der Waals surface area contributed by atoms with Gasteiger partial charge >= 0.3 is 0 Å². The maximum absolute atomic E-state index is 9.99. The third-order valence-corrected chi connectivity index (χ3v) is 4.01. The molecule has 0 aliphatic heterocycles. The van der Waals surface area contributed by atoms with Crippen LogP contribution < -0.4 is 14.8 Å². The Morgan fingerprint density at radius 2 is 1.88 bits per heavy atom. The molecule has 0 radical (unpaired) electrons. The summed E-state index contributed by atoms with van der Waals surface area (Å²) in [6.45, 7) is 1.27. The van der Waals surface area contributed by atoms with E-state index in [0.717, 1.165) is 18.1 Å². The van der Waals surface area contributed by atoms with Crippen molar-refractivity contribution in [1.29, 1.82) is 0 Å². The standard InChI is InChI=1S/C18H26N4O3.HI/c1-19-18(22(3)12-14-7-6-8-21(14)2)20-11-13-9-15(24-4)17(23)16(10-13)25-5;/h6-10,23H,11-12H2,1-5H3,(H,19,20);1H. The molecule has 2 aromatic rings. The highest BCUT2D eigenvalue weighted by Gasteiger charge is 2.13. The summed E-state index contributed by atoms with van der Waals surface area (Å²) in [5, 5.41) is 13.3. The smallest absolute Gasteiger partial charge is 0.200 e. The number of hydrogen-bond donors (Lipinski definition) is 2. The zero-order chi connectivity index (χ0) is 18.4. The maximum Gasteiger partial charge on any atom is 0.200 e. The van der Waals surface area contributed by atoms with E-state index in [9.17, 15) is 5.11 Å². The van der Waals surface area contributed by atoms with Crippen LogP contribution in [0, 0.1) is 0 Å². The molecule has 7 nitrogen and oxygen atoms in total. The number of aliphatic imine (C=N–C) groups is 1. The van der Waals surface area contributed by atoms with Crippen LogP contribution in [0.5, 0.6) is 17.2 Å². The van der Waals surface area contributed by atoms with E-state index in [1.165, 1.54) is 19.9 Å². The van der Waals surface area contributed by atoms with Crippen molar-refractivity contribution in [3.05, 3.63) is 41.7 Å². The monoisotopic (exact) mass is 474 g/mol. The molecule has 1 aromatic carbocycles. The summed E-state index contributed by atoms with van der Waals surface area (Å²) in [4.78, 5) is 6.37. The van der Waals surface area contributed by atoms with Crippen LogP contribution in [0.4, 0.5) is 0 Å². The van der Waals surface area contributed by atoms with E-state index in [-0.39, 0.29) is 29.7 Å². The molecule has 0 aliphatic carbocycles. The third-order valence-electron chi connectivity index (χ3n) is 4.01. The van der Waals surface area contributed by atoms with Gasteiger partial charge in [-0.2, -0.15) is 0 Å². The number of phenolic OH excluding ortho intramolecular Hbond substituents is 1. The zero-order valence-electron chi connectivity index (χ0n) is 15.8. The van der Waals surface area contributed by atoms with Crippen LogP contribution >= 0.6 is 24.0 Å². The molecule has 0 unspecified atom stereocenters. The number of hydrogen-bond acceptors (Lipinski definition) is 4. The van der Waals surface area contributed by atoms with Crippen LogP contribution in [0.2, 0.25) is 0 Å².